The molecule has 0 aliphatic carbocycles. The van der Waals surface area contributed by atoms with E-state index in [1.165, 1.54) is 0 Å². The first-order chi connectivity index (χ1) is 15.5. The first-order valence-corrected chi connectivity index (χ1v) is 11.1. The van der Waals surface area contributed by atoms with Crippen molar-refractivity contribution in [1.82, 2.24) is 4.57 Å². The lowest BCUT2D eigenvalue weighted by Gasteiger charge is -2.08. The van der Waals surface area contributed by atoms with Crippen molar-refractivity contribution < 1.29 is 19.1 Å². The van der Waals surface area contributed by atoms with E-state index in [4.69, 9.17) is 9.47 Å². The summed E-state index contributed by atoms with van der Waals surface area (Å²) < 4.78 is 12.8. The lowest BCUT2D eigenvalue weighted by Crippen LogP contribution is -2.06. The third-order valence-corrected chi connectivity index (χ3v) is 5.24. The highest BCUT2D eigenvalue weighted by Gasteiger charge is 2.18. The minimum atomic E-state index is -0.186. The van der Waals surface area contributed by atoms with E-state index in [1.807, 2.05) is 71.6 Å². The molecule has 0 saturated heterocycles. The summed E-state index contributed by atoms with van der Waals surface area (Å²) in [6.45, 7) is 7.51. The third kappa shape index (κ3) is 6.33. The zero-order valence-corrected chi connectivity index (χ0v) is 19.0. The molecule has 3 aromatic rings. The first kappa shape index (κ1) is 23.3. The summed E-state index contributed by atoms with van der Waals surface area (Å²) in [6.07, 6.45) is 4.95. The first-order valence-electron chi connectivity index (χ1n) is 11.1. The average molecular weight is 434 g/mol. The van der Waals surface area contributed by atoms with E-state index in [-0.39, 0.29) is 17.7 Å². The number of esters is 1. The fraction of sp³-hybridized carbons (Fsp3) is 0.333. The van der Waals surface area contributed by atoms with Gasteiger partial charge in [-0.3, -0.25) is 9.59 Å². The molecule has 0 atom stereocenters. The van der Waals surface area contributed by atoms with Crippen LogP contribution in [-0.2, 0) is 22.7 Å². The predicted octanol–water partition coefficient (Wildman–Crippen LogP) is 5.76. The molecule has 0 fully saturated rings. The normalized spacial score (nSPS) is 10.9. The summed E-state index contributed by atoms with van der Waals surface area (Å²) in [4.78, 5) is 24.8. The zero-order chi connectivity index (χ0) is 22.9. The van der Waals surface area contributed by atoms with Gasteiger partial charge in [0.2, 0.25) is 0 Å². The van der Waals surface area contributed by atoms with E-state index in [1.54, 1.807) is 6.92 Å². The van der Waals surface area contributed by atoms with Crippen molar-refractivity contribution in [2.45, 2.75) is 52.7 Å². The molecule has 0 bridgehead atoms. The smallest absolute Gasteiger partial charge is 0.305 e. The molecule has 0 aliphatic heterocycles. The van der Waals surface area contributed by atoms with Crippen LogP contribution in [0.2, 0.25) is 0 Å². The number of hydrogen-bond acceptors (Lipinski definition) is 4. The molecular weight excluding hydrogens is 402 g/mol. The molecule has 3 rings (SSSR count). The summed E-state index contributed by atoms with van der Waals surface area (Å²) >= 11 is 0. The van der Waals surface area contributed by atoms with Crippen LogP contribution in [0.4, 0.5) is 0 Å². The molecule has 0 unspecified atom stereocenters. The second kappa shape index (κ2) is 11.3. The Kier molecular flexibility index (Phi) is 8.26. The van der Waals surface area contributed by atoms with E-state index >= 15 is 0 Å². The van der Waals surface area contributed by atoms with Gasteiger partial charge in [-0.1, -0.05) is 44.2 Å². The molecule has 2 aromatic carbocycles. The van der Waals surface area contributed by atoms with Crippen molar-refractivity contribution in [1.29, 1.82) is 0 Å². The highest BCUT2D eigenvalue weighted by Crippen LogP contribution is 2.25. The Balaban J connectivity index is 1.66. The lowest BCUT2D eigenvalue weighted by atomic mass is 9.96. The molecule has 0 radical (unpaired) electrons. The van der Waals surface area contributed by atoms with Crippen LogP contribution >= 0.6 is 0 Å². The highest BCUT2D eigenvalue weighted by atomic mass is 16.5. The van der Waals surface area contributed by atoms with Gasteiger partial charge in [-0.25, -0.2) is 0 Å². The molecule has 0 saturated carbocycles. The number of ether oxygens (including phenoxy) is 2. The highest BCUT2D eigenvalue weighted by molar-refractivity contribution is 6.10. The molecule has 5 nitrogen and oxygen atoms in total. The van der Waals surface area contributed by atoms with Crippen molar-refractivity contribution in [2.75, 3.05) is 6.61 Å². The van der Waals surface area contributed by atoms with Gasteiger partial charge in [-0.05, 0) is 54.7 Å². The Morgan fingerprint density at radius 1 is 0.969 bits per heavy atom. The van der Waals surface area contributed by atoms with Crippen molar-refractivity contribution in [2.24, 2.45) is 0 Å². The Labute approximate surface area is 190 Å². The van der Waals surface area contributed by atoms with Crippen LogP contribution in [0.25, 0.3) is 0 Å². The van der Waals surface area contributed by atoms with Crippen LogP contribution in [0.5, 0.6) is 5.75 Å². The summed E-state index contributed by atoms with van der Waals surface area (Å²) in [5.74, 6) is 0.752. The third-order valence-electron chi connectivity index (χ3n) is 5.24. The molecule has 1 heterocycles. The molecule has 32 heavy (non-hydrogen) atoms. The Bertz CT molecular complexity index is 1020. The number of carbonyl (C=O) groups is 2. The number of aromatic nitrogens is 1. The lowest BCUT2D eigenvalue weighted by molar-refractivity contribution is -0.143. The van der Waals surface area contributed by atoms with Gasteiger partial charge in [0.15, 0.2) is 5.78 Å². The summed E-state index contributed by atoms with van der Waals surface area (Å²) in [6, 6.07) is 17.3. The van der Waals surface area contributed by atoms with Crippen molar-refractivity contribution in [3.05, 3.63) is 89.2 Å². The fourth-order valence-electron chi connectivity index (χ4n) is 3.54. The molecule has 0 aliphatic rings. The summed E-state index contributed by atoms with van der Waals surface area (Å²) in [7, 11) is 0. The van der Waals surface area contributed by atoms with Gasteiger partial charge in [0, 0.05) is 36.5 Å². The molecule has 1 aromatic heterocycles. The second-order valence-corrected chi connectivity index (χ2v) is 8.06. The van der Waals surface area contributed by atoms with E-state index in [9.17, 15) is 9.59 Å². The van der Waals surface area contributed by atoms with Crippen LogP contribution in [0.15, 0.2) is 67.0 Å². The number of rotatable bonds is 11. The van der Waals surface area contributed by atoms with Crippen molar-refractivity contribution >= 4 is 11.8 Å². The topological polar surface area (TPSA) is 57.5 Å². The maximum absolute atomic E-state index is 13.2. The number of benzene rings is 2. The fourth-order valence-corrected chi connectivity index (χ4v) is 3.54. The maximum Gasteiger partial charge on any atom is 0.305 e. The molecule has 0 spiro atoms. The van der Waals surface area contributed by atoms with Crippen LogP contribution in [-0.4, -0.2) is 22.9 Å². The average Bonchev–Trinajstić information content (AvgIpc) is 3.23. The van der Waals surface area contributed by atoms with Gasteiger partial charge in [0.1, 0.15) is 12.4 Å². The Morgan fingerprint density at radius 2 is 1.69 bits per heavy atom. The van der Waals surface area contributed by atoms with E-state index < -0.39 is 0 Å². The molecule has 168 valence electrons. The summed E-state index contributed by atoms with van der Waals surface area (Å²) in [5.41, 5.74) is 3.44. The van der Waals surface area contributed by atoms with Gasteiger partial charge in [0.05, 0.1) is 6.61 Å². The van der Waals surface area contributed by atoms with Crippen molar-refractivity contribution in [3.63, 3.8) is 0 Å². The van der Waals surface area contributed by atoms with E-state index in [2.05, 4.69) is 13.8 Å². The number of carbonyl (C=O) groups excluding carboxylic acids is 2. The Morgan fingerprint density at radius 3 is 2.34 bits per heavy atom. The quantitative estimate of drug-likeness (QED) is 0.285. The largest absolute Gasteiger partial charge is 0.489 e. The molecule has 5 heteroatoms. The zero-order valence-electron chi connectivity index (χ0n) is 19.0. The van der Waals surface area contributed by atoms with Gasteiger partial charge in [-0.15, -0.1) is 0 Å². The van der Waals surface area contributed by atoms with Crippen molar-refractivity contribution in [3.8, 4) is 5.75 Å². The SMILES string of the molecule is CCOC(=O)CCCn1cc(C(=O)c2ccc(OCc3ccccc3)cc2)c(C(C)C)c1. The standard InChI is InChI=1S/C27H31NO4/c1-4-31-26(29)11-8-16-28-17-24(20(2)3)25(18-28)27(30)22-12-14-23(15-13-22)32-19-21-9-6-5-7-10-21/h5-7,9-10,12-15,17-18,20H,4,8,11,16,19H2,1-3H3. The van der Waals surface area contributed by atoms with E-state index in [0.29, 0.717) is 43.7 Å². The summed E-state index contributed by atoms with van der Waals surface area (Å²) in [5, 5.41) is 0. The van der Waals surface area contributed by atoms with Gasteiger partial charge < -0.3 is 14.0 Å². The van der Waals surface area contributed by atoms with E-state index in [0.717, 1.165) is 16.9 Å². The van der Waals surface area contributed by atoms with Crippen LogP contribution < -0.4 is 4.74 Å². The second-order valence-electron chi connectivity index (χ2n) is 8.06. The monoisotopic (exact) mass is 433 g/mol. The van der Waals surface area contributed by atoms with Crippen LogP contribution in [0.3, 0.4) is 0 Å². The van der Waals surface area contributed by atoms with Gasteiger partial charge in [-0.2, -0.15) is 0 Å². The maximum atomic E-state index is 13.2. The van der Waals surface area contributed by atoms with Crippen LogP contribution in [0.1, 0.15) is 66.6 Å². The number of ketones is 1. The number of aryl methyl sites for hydroxylation is 1. The number of hydrogen-bond donors (Lipinski definition) is 0. The Hall–Kier alpha value is -3.34. The van der Waals surface area contributed by atoms with Crippen LogP contribution in [0, 0.1) is 0 Å². The molecule has 0 N–H and O–H groups in total. The van der Waals surface area contributed by atoms with Gasteiger partial charge in [0.25, 0.3) is 0 Å². The number of nitrogens with zero attached hydrogens (tertiary/aromatic N) is 1. The predicted molar refractivity (Wildman–Crippen MR) is 125 cm³/mol. The minimum Gasteiger partial charge on any atom is -0.489 e. The van der Waals surface area contributed by atoms with Gasteiger partial charge >= 0.3 is 5.97 Å². The molecule has 0 amide bonds. The minimum absolute atomic E-state index is 0.00699. The molecular formula is C27H31NO4.